The molecule has 0 spiro atoms. The summed E-state index contributed by atoms with van der Waals surface area (Å²) in [5, 5.41) is 4.68. The van der Waals surface area contributed by atoms with Gasteiger partial charge in [-0.1, -0.05) is 0 Å². The van der Waals surface area contributed by atoms with E-state index in [1.807, 2.05) is 5.38 Å². The van der Waals surface area contributed by atoms with E-state index in [0.717, 1.165) is 5.69 Å². The van der Waals surface area contributed by atoms with Crippen molar-refractivity contribution in [1.82, 2.24) is 20.3 Å². The third-order valence-electron chi connectivity index (χ3n) is 2.04. The number of aromatic nitrogens is 3. The molecule has 0 bridgehead atoms. The number of nitrogens with one attached hydrogen (secondary N) is 1. The lowest BCUT2D eigenvalue weighted by Gasteiger charge is -2.03. The van der Waals surface area contributed by atoms with Crippen LogP contribution in [0.1, 0.15) is 16.2 Å². The van der Waals surface area contributed by atoms with Gasteiger partial charge in [-0.15, -0.1) is 11.3 Å². The van der Waals surface area contributed by atoms with Crippen LogP contribution in [0.25, 0.3) is 0 Å². The minimum absolute atomic E-state index is 0.225. The fourth-order valence-electron chi connectivity index (χ4n) is 1.25. The van der Waals surface area contributed by atoms with Gasteiger partial charge in [0.25, 0.3) is 5.91 Å². The summed E-state index contributed by atoms with van der Waals surface area (Å²) in [6.07, 6.45) is 3.48. The van der Waals surface area contributed by atoms with Gasteiger partial charge in [0, 0.05) is 18.3 Å². The van der Waals surface area contributed by atoms with E-state index in [1.54, 1.807) is 5.51 Å². The molecule has 0 saturated heterocycles. The van der Waals surface area contributed by atoms with E-state index in [9.17, 15) is 4.79 Å². The molecule has 0 radical (unpaired) electrons. The molecule has 0 fully saturated rings. The normalized spacial score (nSPS) is 10.1. The van der Waals surface area contributed by atoms with Crippen molar-refractivity contribution >= 4 is 23.1 Å². The van der Waals surface area contributed by atoms with Crippen molar-refractivity contribution in [2.45, 2.75) is 6.42 Å². The number of anilines is 1. The lowest BCUT2D eigenvalue weighted by atomic mass is 10.3. The van der Waals surface area contributed by atoms with Gasteiger partial charge in [0.05, 0.1) is 23.6 Å². The topological polar surface area (TPSA) is 93.8 Å². The zero-order chi connectivity index (χ0) is 12.1. The Balaban J connectivity index is 1.85. The number of hydrogen-bond acceptors (Lipinski definition) is 6. The first-order valence-corrected chi connectivity index (χ1v) is 5.93. The van der Waals surface area contributed by atoms with Crippen molar-refractivity contribution < 1.29 is 4.79 Å². The van der Waals surface area contributed by atoms with E-state index in [2.05, 4.69) is 20.3 Å². The summed E-state index contributed by atoms with van der Waals surface area (Å²) in [6, 6.07) is 0. The first-order chi connectivity index (χ1) is 8.25. The Labute approximate surface area is 102 Å². The zero-order valence-electron chi connectivity index (χ0n) is 8.96. The molecule has 0 atom stereocenters. The van der Waals surface area contributed by atoms with Gasteiger partial charge in [0.1, 0.15) is 11.5 Å². The van der Waals surface area contributed by atoms with E-state index in [4.69, 9.17) is 5.73 Å². The lowest BCUT2D eigenvalue weighted by Crippen LogP contribution is -2.27. The van der Waals surface area contributed by atoms with E-state index < -0.39 is 0 Å². The van der Waals surface area contributed by atoms with E-state index in [1.165, 1.54) is 23.7 Å². The summed E-state index contributed by atoms with van der Waals surface area (Å²) in [5.74, 6) is -0.0443. The van der Waals surface area contributed by atoms with Gasteiger partial charge in [-0.05, 0) is 0 Å². The molecular weight excluding hydrogens is 238 g/mol. The number of hydrogen-bond donors (Lipinski definition) is 2. The SMILES string of the molecule is Nc1cncc(C(=O)NCCc2cscn2)n1. The van der Waals surface area contributed by atoms with Crippen LogP contribution in [0.15, 0.2) is 23.3 Å². The molecule has 17 heavy (non-hydrogen) atoms. The summed E-state index contributed by atoms with van der Waals surface area (Å²) in [4.78, 5) is 23.4. The largest absolute Gasteiger partial charge is 0.382 e. The molecule has 0 aliphatic carbocycles. The molecule has 88 valence electrons. The predicted octanol–water partition coefficient (Wildman–Crippen LogP) is 0.488. The number of nitrogens with zero attached hydrogens (tertiary/aromatic N) is 3. The number of carbonyl (C=O) groups is 1. The second kappa shape index (κ2) is 5.35. The van der Waals surface area contributed by atoms with Crippen LogP contribution in [0.5, 0.6) is 0 Å². The molecule has 7 heteroatoms. The molecule has 0 unspecified atom stereocenters. The maximum Gasteiger partial charge on any atom is 0.271 e. The smallest absolute Gasteiger partial charge is 0.271 e. The predicted molar refractivity (Wildman–Crippen MR) is 64.6 cm³/mol. The minimum atomic E-state index is -0.278. The maximum atomic E-state index is 11.6. The Morgan fingerprint density at radius 2 is 2.35 bits per heavy atom. The van der Waals surface area contributed by atoms with Crippen LogP contribution < -0.4 is 11.1 Å². The molecule has 2 heterocycles. The number of thiazole rings is 1. The van der Waals surface area contributed by atoms with Crippen LogP contribution in [0, 0.1) is 0 Å². The minimum Gasteiger partial charge on any atom is -0.382 e. The van der Waals surface area contributed by atoms with E-state index in [0.29, 0.717) is 13.0 Å². The average molecular weight is 249 g/mol. The van der Waals surface area contributed by atoms with Crippen LogP contribution in [-0.4, -0.2) is 27.4 Å². The van der Waals surface area contributed by atoms with Crippen molar-refractivity contribution in [3.05, 3.63) is 34.7 Å². The quantitative estimate of drug-likeness (QED) is 0.822. The Kier molecular flexibility index (Phi) is 3.61. The van der Waals surface area contributed by atoms with Gasteiger partial charge in [0.2, 0.25) is 0 Å². The molecule has 0 saturated carbocycles. The molecule has 2 rings (SSSR count). The number of rotatable bonds is 4. The van der Waals surface area contributed by atoms with Crippen molar-refractivity contribution in [3.8, 4) is 0 Å². The number of nitrogen functional groups attached to an aromatic ring is 1. The van der Waals surface area contributed by atoms with Gasteiger partial charge in [-0.3, -0.25) is 9.78 Å². The number of amides is 1. The van der Waals surface area contributed by atoms with Gasteiger partial charge in [-0.2, -0.15) is 0 Å². The van der Waals surface area contributed by atoms with Crippen LogP contribution in [0.3, 0.4) is 0 Å². The Morgan fingerprint density at radius 3 is 3.06 bits per heavy atom. The molecule has 2 aromatic heterocycles. The summed E-state index contributed by atoms with van der Waals surface area (Å²) in [7, 11) is 0. The van der Waals surface area contributed by atoms with Crippen LogP contribution in [0.4, 0.5) is 5.82 Å². The zero-order valence-corrected chi connectivity index (χ0v) is 9.78. The number of carbonyl (C=O) groups excluding carboxylic acids is 1. The summed E-state index contributed by atoms with van der Waals surface area (Å²) in [5.41, 5.74) is 8.40. The second-order valence-electron chi connectivity index (χ2n) is 3.31. The Hall–Kier alpha value is -2.02. The second-order valence-corrected chi connectivity index (χ2v) is 4.03. The van der Waals surface area contributed by atoms with Gasteiger partial charge in [-0.25, -0.2) is 9.97 Å². The van der Waals surface area contributed by atoms with Crippen LogP contribution in [0.2, 0.25) is 0 Å². The molecule has 0 aliphatic rings. The highest BCUT2D eigenvalue weighted by molar-refractivity contribution is 7.07. The molecule has 6 nitrogen and oxygen atoms in total. The molecule has 2 aromatic rings. The maximum absolute atomic E-state index is 11.6. The van der Waals surface area contributed by atoms with Gasteiger partial charge in [0.15, 0.2) is 0 Å². The van der Waals surface area contributed by atoms with Gasteiger partial charge < -0.3 is 11.1 Å². The van der Waals surface area contributed by atoms with Crippen molar-refractivity contribution in [3.63, 3.8) is 0 Å². The first kappa shape index (κ1) is 11.5. The monoisotopic (exact) mass is 249 g/mol. The van der Waals surface area contributed by atoms with Crippen LogP contribution in [-0.2, 0) is 6.42 Å². The molecule has 0 aliphatic heterocycles. The molecular formula is C10H11N5OS. The summed E-state index contributed by atoms with van der Waals surface area (Å²) in [6.45, 7) is 0.513. The highest BCUT2D eigenvalue weighted by Gasteiger charge is 2.07. The highest BCUT2D eigenvalue weighted by Crippen LogP contribution is 2.01. The molecule has 1 amide bonds. The Morgan fingerprint density at radius 1 is 1.47 bits per heavy atom. The van der Waals surface area contributed by atoms with Crippen LogP contribution >= 0.6 is 11.3 Å². The van der Waals surface area contributed by atoms with E-state index >= 15 is 0 Å². The standard InChI is InChI=1S/C10H11N5OS/c11-9-4-12-3-8(15-9)10(16)13-2-1-7-5-17-6-14-7/h3-6H,1-2H2,(H2,11,15)(H,13,16). The van der Waals surface area contributed by atoms with Gasteiger partial charge >= 0.3 is 0 Å². The summed E-state index contributed by atoms with van der Waals surface area (Å²) < 4.78 is 0. The fraction of sp³-hybridized carbons (Fsp3) is 0.200. The third kappa shape index (κ3) is 3.22. The Bertz CT molecular complexity index is 499. The molecule has 3 N–H and O–H groups in total. The van der Waals surface area contributed by atoms with E-state index in [-0.39, 0.29) is 17.4 Å². The third-order valence-corrected chi connectivity index (χ3v) is 2.67. The molecule has 0 aromatic carbocycles. The van der Waals surface area contributed by atoms with Crippen molar-refractivity contribution in [2.24, 2.45) is 0 Å². The summed E-state index contributed by atoms with van der Waals surface area (Å²) >= 11 is 1.53. The first-order valence-electron chi connectivity index (χ1n) is 4.98. The number of nitrogens with two attached hydrogens (primary N) is 1. The fourth-order valence-corrected chi connectivity index (χ4v) is 1.84. The average Bonchev–Trinajstić information content (AvgIpc) is 2.82. The lowest BCUT2D eigenvalue weighted by molar-refractivity contribution is 0.0949. The van der Waals surface area contributed by atoms with Crippen molar-refractivity contribution in [1.29, 1.82) is 0 Å². The van der Waals surface area contributed by atoms with Crippen molar-refractivity contribution in [2.75, 3.05) is 12.3 Å². The highest BCUT2D eigenvalue weighted by atomic mass is 32.1.